The van der Waals surface area contributed by atoms with Gasteiger partial charge in [0.2, 0.25) is 5.91 Å². The Labute approximate surface area is 117 Å². The quantitative estimate of drug-likeness (QED) is 0.906. The van der Waals surface area contributed by atoms with Crippen LogP contribution in [0.4, 0.5) is 0 Å². The number of carboxylic acids is 1. The third-order valence-electron chi connectivity index (χ3n) is 3.19. The fourth-order valence-electron chi connectivity index (χ4n) is 2.38. The molecule has 1 aromatic heterocycles. The lowest BCUT2D eigenvalue weighted by molar-refractivity contribution is -0.175. The molecule has 2 rings (SSSR count). The van der Waals surface area contributed by atoms with Crippen LogP contribution in [0.2, 0.25) is 0 Å². The molecule has 1 N–H and O–H groups in total. The molecule has 1 saturated heterocycles. The Morgan fingerprint density at radius 1 is 1.50 bits per heavy atom. The van der Waals surface area contributed by atoms with Gasteiger partial charge in [-0.2, -0.15) is 0 Å². The molecule has 2 unspecified atom stereocenters. The molecular weight excluding hydrogens is 262 g/mol. The number of ether oxygens (including phenoxy) is 1. The number of nitrogens with zero attached hydrogens (tertiary/aromatic N) is 1. The van der Waals surface area contributed by atoms with E-state index in [2.05, 4.69) is 0 Å². The second-order valence-electron chi connectivity index (χ2n) is 5.40. The molecular formula is C14H19NO5. The average Bonchev–Trinajstić information content (AvgIpc) is 2.77. The number of rotatable bonds is 4. The Morgan fingerprint density at radius 2 is 2.20 bits per heavy atom. The van der Waals surface area contributed by atoms with Crippen molar-refractivity contribution in [2.75, 3.05) is 13.2 Å². The van der Waals surface area contributed by atoms with Gasteiger partial charge in [0.05, 0.1) is 0 Å². The number of carbonyl (C=O) groups is 2. The minimum absolute atomic E-state index is 0.208. The summed E-state index contributed by atoms with van der Waals surface area (Å²) in [6.07, 6.45) is -1.10. The molecule has 20 heavy (non-hydrogen) atoms. The van der Waals surface area contributed by atoms with E-state index >= 15 is 0 Å². The summed E-state index contributed by atoms with van der Waals surface area (Å²) in [5, 5.41) is 9.31. The van der Waals surface area contributed by atoms with Crippen molar-refractivity contribution in [3.63, 3.8) is 0 Å². The molecule has 2 atom stereocenters. The average molecular weight is 281 g/mol. The van der Waals surface area contributed by atoms with Crippen LogP contribution in [-0.2, 0) is 14.3 Å². The first kappa shape index (κ1) is 14.6. The van der Waals surface area contributed by atoms with Crippen LogP contribution in [0.5, 0.6) is 0 Å². The van der Waals surface area contributed by atoms with E-state index in [4.69, 9.17) is 9.15 Å². The maximum Gasteiger partial charge on any atom is 0.335 e. The van der Waals surface area contributed by atoms with Gasteiger partial charge in [0, 0.05) is 6.54 Å². The van der Waals surface area contributed by atoms with E-state index in [9.17, 15) is 14.7 Å². The summed E-state index contributed by atoms with van der Waals surface area (Å²) < 4.78 is 10.7. The van der Waals surface area contributed by atoms with Crippen molar-refractivity contribution in [3.05, 3.63) is 23.7 Å². The van der Waals surface area contributed by atoms with Crippen LogP contribution in [0.1, 0.15) is 31.4 Å². The van der Waals surface area contributed by atoms with Crippen LogP contribution in [0.15, 0.2) is 16.5 Å². The molecule has 1 fully saturated rings. The van der Waals surface area contributed by atoms with E-state index in [-0.39, 0.29) is 18.4 Å². The van der Waals surface area contributed by atoms with Crippen molar-refractivity contribution in [2.45, 2.75) is 32.9 Å². The molecule has 110 valence electrons. The van der Waals surface area contributed by atoms with Crippen molar-refractivity contribution in [1.82, 2.24) is 4.90 Å². The summed E-state index contributed by atoms with van der Waals surface area (Å²) in [5.74, 6) is 0.0425. The molecule has 6 nitrogen and oxygen atoms in total. The number of amides is 1. The maximum atomic E-state index is 12.1. The number of morpholine rings is 1. The predicted octanol–water partition coefficient (Wildman–Crippen LogP) is 1.60. The Bertz CT molecular complexity index is 507. The Kier molecular flexibility index (Phi) is 4.13. The summed E-state index contributed by atoms with van der Waals surface area (Å²) >= 11 is 0. The number of carboxylic acid groups (broad SMARTS) is 1. The van der Waals surface area contributed by atoms with Crippen molar-refractivity contribution in [2.24, 2.45) is 5.92 Å². The first-order chi connectivity index (χ1) is 9.40. The second-order valence-corrected chi connectivity index (χ2v) is 5.40. The van der Waals surface area contributed by atoms with Crippen LogP contribution in [0, 0.1) is 12.8 Å². The molecule has 0 aromatic carbocycles. The van der Waals surface area contributed by atoms with E-state index in [1.54, 1.807) is 24.0 Å². The number of aliphatic carboxylic acids is 1. The molecule has 0 bridgehead atoms. The van der Waals surface area contributed by atoms with E-state index in [0.29, 0.717) is 18.1 Å². The standard InChI is InChI=1S/C14H19NO5/c1-8(2)6-15-11(16)7-19-13(14(17)18)12(15)10-5-4-9(3)20-10/h4-5,8,12-13H,6-7H2,1-3H3,(H,17,18). The van der Waals surface area contributed by atoms with Crippen LogP contribution in [0.3, 0.4) is 0 Å². The van der Waals surface area contributed by atoms with Gasteiger partial charge in [0.1, 0.15) is 24.2 Å². The number of furan rings is 1. The zero-order valence-corrected chi connectivity index (χ0v) is 11.8. The SMILES string of the molecule is Cc1ccc(C2C(C(=O)O)OCC(=O)N2CC(C)C)o1. The van der Waals surface area contributed by atoms with Gasteiger partial charge < -0.3 is 19.2 Å². The highest BCUT2D eigenvalue weighted by atomic mass is 16.5. The summed E-state index contributed by atoms with van der Waals surface area (Å²) in [4.78, 5) is 25.0. The Balaban J connectivity index is 2.38. The topological polar surface area (TPSA) is 80.0 Å². The highest BCUT2D eigenvalue weighted by Gasteiger charge is 2.43. The predicted molar refractivity (Wildman–Crippen MR) is 70.1 cm³/mol. The highest BCUT2D eigenvalue weighted by Crippen LogP contribution is 2.32. The van der Waals surface area contributed by atoms with Crippen LogP contribution in [-0.4, -0.2) is 41.1 Å². The van der Waals surface area contributed by atoms with Gasteiger partial charge in [-0.05, 0) is 25.0 Å². The van der Waals surface area contributed by atoms with E-state index in [1.165, 1.54) is 0 Å². The lowest BCUT2D eigenvalue weighted by atomic mass is 10.0. The number of carbonyl (C=O) groups excluding carboxylic acids is 1. The molecule has 1 aliphatic heterocycles. The van der Waals surface area contributed by atoms with Crippen molar-refractivity contribution < 1.29 is 23.8 Å². The van der Waals surface area contributed by atoms with E-state index in [0.717, 1.165) is 0 Å². The van der Waals surface area contributed by atoms with Gasteiger partial charge in [-0.15, -0.1) is 0 Å². The fourth-order valence-corrected chi connectivity index (χ4v) is 2.38. The minimum atomic E-state index is -1.10. The zero-order valence-electron chi connectivity index (χ0n) is 11.8. The smallest absolute Gasteiger partial charge is 0.335 e. The second kappa shape index (κ2) is 5.66. The first-order valence-corrected chi connectivity index (χ1v) is 6.60. The van der Waals surface area contributed by atoms with Gasteiger partial charge in [-0.3, -0.25) is 4.79 Å². The molecule has 0 spiro atoms. The van der Waals surface area contributed by atoms with E-state index < -0.39 is 18.1 Å². The van der Waals surface area contributed by atoms with Gasteiger partial charge in [0.15, 0.2) is 6.10 Å². The number of aryl methyl sites for hydroxylation is 1. The fraction of sp³-hybridized carbons (Fsp3) is 0.571. The molecule has 0 saturated carbocycles. The van der Waals surface area contributed by atoms with Crippen LogP contribution in [0.25, 0.3) is 0 Å². The van der Waals surface area contributed by atoms with Gasteiger partial charge in [-0.1, -0.05) is 13.8 Å². The van der Waals surface area contributed by atoms with Gasteiger partial charge in [0.25, 0.3) is 0 Å². The lowest BCUT2D eigenvalue weighted by Crippen LogP contribution is -2.52. The lowest BCUT2D eigenvalue weighted by Gasteiger charge is -2.38. The molecule has 6 heteroatoms. The molecule has 0 radical (unpaired) electrons. The molecule has 0 aliphatic carbocycles. The van der Waals surface area contributed by atoms with Crippen molar-refractivity contribution >= 4 is 11.9 Å². The highest BCUT2D eigenvalue weighted by molar-refractivity contribution is 5.82. The summed E-state index contributed by atoms with van der Waals surface area (Å²) in [6.45, 7) is 5.99. The van der Waals surface area contributed by atoms with Crippen LogP contribution < -0.4 is 0 Å². The first-order valence-electron chi connectivity index (χ1n) is 6.60. The van der Waals surface area contributed by atoms with E-state index in [1.807, 2.05) is 13.8 Å². The third kappa shape index (κ3) is 2.85. The minimum Gasteiger partial charge on any atom is -0.479 e. The van der Waals surface area contributed by atoms with Crippen LogP contribution >= 0.6 is 0 Å². The zero-order chi connectivity index (χ0) is 14.9. The summed E-state index contributed by atoms with van der Waals surface area (Å²) in [7, 11) is 0. The van der Waals surface area contributed by atoms with Gasteiger partial charge in [-0.25, -0.2) is 4.79 Å². The molecule has 1 aromatic rings. The Hall–Kier alpha value is -1.82. The molecule has 2 heterocycles. The van der Waals surface area contributed by atoms with Gasteiger partial charge >= 0.3 is 5.97 Å². The summed E-state index contributed by atoms with van der Waals surface area (Å²) in [6, 6.07) is 2.73. The van der Waals surface area contributed by atoms with Crippen molar-refractivity contribution in [3.8, 4) is 0 Å². The Morgan fingerprint density at radius 3 is 2.70 bits per heavy atom. The summed E-state index contributed by atoms with van der Waals surface area (Å²) in [5.41, 5.74) is 0. The molecule has 1 aliphatic rings. The normalized spacial score (nSPS) is 23.4. The molecule has 1 amide bonds. The van der Waals surface area contributed by atoms with Crippen molar-refractivity contribution in [1.29, 1.82) is 0 Å². The number of hydrogen-bond acceptors (Lipinski definition) is 4. The third-order valence-corrected chi connectivity index (χ3v) is 3.19. The monoisotopic (exact) mass is 281 g/mol. The maximum absolute atomic E-state index is 12.1. The largest absolute Gasteiger partial charge is 0.479 e. The number of hydrogen-bond donors (Lipinski definition) is 1.